The Morgan fingerprint density at radius 2 is 1.88 bits per heavy atom. The first-order chi connectivity index (χ1) is 18.7. The van der Waals surface area contributed by atoms with E-state index in [1.54, 1.807) is 30.9 Å². The number of amides is 2. The van der Waals surface area contributed by atoms with Crippen LogP contribution >= 0.6 is 0 Å². The van der Waals surface area contributed by atoms with Gasteiger partial charge in [-0.25, -0.2) is 9.18 Å². The number of alkyl halides is 3. The van der Waals surface area contributed by atoms with Crippen LogP contribution in [-0.2, 0) is 15.7 Å². The molecular weight excluding hydrogens is 528 g/mol. The molecule has 1 saturated heterocycles. The highest BCUT2D eigenvalue weighted by molar-refractivity contribution is 5.80. The molecule has 2 aliphatic heterocycles. The number of nitrogens with zero attached hydrogens (tertiary/aromatic N) is 2. The van der Waals surface area contributed by atoms with Crippen LogP contribution in [0, 0.1) is 12.7 Å². The molecule has 0 aromatic heterocycles. The minimum Gasteiger partial charge on any atom is -0.496 e. The van der Waals surface area contributed by atoms with Crippen molar-refractivity contribution in [2.75, 3.05) is 26.7 Å². The van der Waals surface area contributed by atoms with Crippen molar-refractivity contribution in [3.05, 3.63) is 69.5 Å². The third kappa shape index (κ3) is 5.81. The summed E-state index contributed by atoms with van der Waals surface area (Å²) in [7, 11) is 1.46. The Kier molecular flexibility index (Phi) is 8.19. The fourth-order valence-electron chi connectivity index (χ4n) is 5.49. The number of ether oxygens (including phenoxy) is 2. The topological polar surface area (TPSA) is 59.1 Å². The number of hydrogen-bond donors (Lipinski definition) is 0. The maximum atomic E-state index is 14.8. The number of aryl methyl sites for hydroxylation is 1. The van der Waals surface area contributed by atoms with Gasteiger partial charge >= 0.3 is 12.3 Å². The molecule has 0 spiro atoms. The summed E-state index contributed by atoms with van der Waals surface area (Å²) in [6.45, 7) is 9.31. The summed E-state index contributed by atoms with van der Waals surface area (Å²) in [6.07, 6.45) is -5.64. The number of hydrogen-bond acceptors (Lipinski definition) is 4. The Labute approximate surface area is 231 Å². The van der Waals surface area contributed by atoms with Crippen molar-refractivity contribution in [1.29, 1.82) is 0 Å². The molecule has 4 rings (SSSR count). The van der Waals surface area contributed by atoms with Crippen molar-refractivity contribution < 1.29 is 36.6 Å². The van der Waals surface area contributed by atoms with Gasteiger partial charge in [0.25, 0.3) is 0 Å². The number of carbonyl (C=O) groups is 2. The average molecular weight is 563 g/mol. The molecule has 10 heteroatoms. The first-order valence-electron chi connectivity index (χ1n) is 13.2. The molecule has 2 aliphatic rings. The minimum atomic E-state index is -4.53. The van der Waals surface area contributed by atoms with Crippen molar-refractivity contribution in [2.45, 2.75) is 65.3 Å². The van der Waals surface area contributed by atoms with Crippen molar-refractivity contribution in [3.63, 3.8) is 0 Å². The van der Waals surface area contributed by atoms with Crippen molar-refractivity contribution in [3.8, 4) is 5.75 Å². The molecule has 2 aromatic carbocycles. The van der Waals surface area contributed by atoms with Gasteiger partial charge in [0.1, 0.15) is 17.7 Å². The van der Waals surface area contributed by atoms with E-state index < -0.39 is 30.0 Å². The first-order valence-corrected chi connectivity index (χ1v) is 13.2. The monoisotopic (exact) mass is 562 g/mol. The van der Waals surface area contributed by atoms with Crippen LogP contribution in [0.1, 0.15) is 74.0 Å². The predicted molar refractivity (Wildman–Crippen MR) is 142 cm³/mol. The molecule has 0 N–H and O–H groups in total. The normalized spacial score (nSPS) is 19.9. The van der Waals surface area contributed by atoms with Gasteiger partial charge in [0.05, 0.1) is 18.7 Å². The number of cyclic esters (lactones) is 1. The molecule has 0 radical (unpaired) electrons. The Morgan fingerprint density at radius 3 is 2.48 bits per heavy atom. The van der Waals surface area contributed by atoms with Gasteiger partial charge in [0.15, 0.2) is 0 Å². The lowest BCUT2D eigenvalue weighted by Gasteiger charge is -2.33. The summed E-state index contributed by atoms with van der Waals surface area (Å²) in [6, 6.07) is 6.19. The maximum Gasteiger partial charge on any atom is 0.416 e. The first kappa shape index (κ1) is 29.4. The van der Waals surface area contributed by atoms with Gasteiger partial charge in [-0.15, -0.1) is 0 Å². The molecule has 2 amide bonds. The van der Waals surface area contributed by atoms with Gasteiger partial charge in [-0.05, 0) is 66.7 Å². The van der Waals surface area contributed by atoms with E-state index in [4.69, 9.17) is 9.47 Å². The van der Waals surface area contributed by atoms with E-state index in [9.17, 15) is 27.2 Å². The summed E-state index contributed by atoms with van der Waals surface area (Å²) < 4.78 is 66.3. The van der Waals surface area contributed by atoms with E-state index in [2.05, 4.69) is 0 Å². The summed E-state index contributed by atoms with van der Waals surface area (Å²) in [5, 5.41) is 0. The molecule has 0 bridgehead atoms. The van der Waals surface area contributed by atoms with Gasteiger partial charge in [0.2, 0.25) is 5.91 Å². The van der Waals surface area contributed by atoms with E-state index in [0.29, 0.717) is 35.4 Å². The van der Waals surface area contributed by atoms with Crippen LogP contribution in [0.15, 0.2) is 35.9 Å². The third-order valence-electron chi connectivity index (χ3n) is 7.66. The van der Waals surface area contributed by atoms with Crippen LogP contribution in [0.4, 0.5) is 22.4 Å². The Balaban J connectivity index is 1.74. The highest BCUT2D eigenvalue weighted by Gasteiger charge is 2.42. The van der Waals surface area contributed by atoms with Crippen LogP contribution in [0.3, 0.4) is 0 Å². The van der Waals surface area contributed by atoms with Crippen molar-refractivity contribution >= 4 is 17.6 Å². The van der Waals surface area contributed by atoms with Gasteiger partial charge < -0.3 is 14.4 Å². The molecule has 2 heterocycles. The molecule has 0 saturated carbocycles. The van der Waals surface area contributed by atoms with E-state index in [-0.39, 0.29) is 36.3 Å². The number of halogens is 4. The van der Waals surface area contributed by atoms with E-state index in [1.807, 2.05) is 13.8 Å². The van der Waals surface area contributed by atoms with Gasteiger partial charge in [-0.2, -0.15) is 13.2 Å². The number of benzene rings is 2. The Hall–Kier alpha value is -3.56. The van der Waals surface area contributed by atoms with Gasteiger partial charge in [-0.3, -0.25) is 9.69 Å². The van der Waals surface area contributed by atoms with Crippen LogP contribution in [-0.4, -0.2) is 54.6 Å². The zero-order valence-electron chi connectivity index (χ0n) is 23.5. The number of carbonyl (C=O) groups excluding carboxylic acids is 2. The highest BCUT2D eigenvalue weighted by atomic mass is 19.4. The summed E-state index contributed by atoms with van der Waals surface area (Å²) in [5.74, 6) is -0.244. The van der Waals surface area contributed by atoms with Crippen LogP contribution < -0.4 is 4.74 Å². The van der Waals surface area contributed by atoms with E-state index in [0.717, 1.165) is 23.3 Å². The quantitative estimate of drug-likeness (QED) is 0.361. The molecule has 0 unspecified atom stereocenters. The molecule has 2 aromatic rings. The molecule has 1 fully saturated rings. The lowest BCUT2D eigenvalue weighted by Crippen LogP contribution is -2.41. The summed E-state index contributed by atoms with van der Waals surface area (Å²) >= 11 is 0. The zero-order valence-corrected chi connectivity index (χ0v) is 23.5. The third-order valence-corrected chi connectivity index (χ3v) is 7.66. The second-order valence-electron chi connectivity index (χ2n) is 10.8. The number of rotatable bonds is 6. The fraction of sp³-hybridized carbons (Fsp3) is 0.467. The lowest BCUT2D eigenvalue weighted by atomic mass is 9.89. The predicted octanol–water partition coefficient (Wildman–Crippen LogP) is 6.87. The molecule has 0 aliphatic carbocycles. The van der Waals surface area contributed by atoms with Crippen molar-refractivity contribution in [1.82, 2.24) is 9.80 Å². The van der Waals surface area contributed by atoms with Crippen molar-refractivity contribution in [2.24, 2.45) is 0 Å². The number of methoxy groups -OCH3 is 1. The van der Waals surface area contributed by atoms with Crippen LogP contribution in [0.5, 0.6) is 5.75 Å². The Bertz CT molecular complexity index is 1350. The van der Waals surface area contributed by atoms with Gasteiger partial charge in [-0.1, -0.05) is 25.5 Å². The van der Waals surface area contributed by atoms with Gasteiger partial charge in [0, 0.05) is 38.2 Å². The minimum absolute atomic E-state index is 0.0868. The fourth-order valence-corrected chi connectivity index (χ4v) is 5.49. The average Bonchev–Trinajstić information content (AvgIpc) is 3.15. The lowest BCUT2D eigenvalue weighted by molar-refractivity contribution is -0.137. The summed E-state index contributed by atoms with van der Waals surface area (Å²) in [5.41, 5.74) is 2.68. The molecule has 2 atom stereocenters. The van der Waals surface area contributed by atoms with Crippen LogP contribution in [0.2, 0.25) is 0 Å². The largest absolute Gasteiger partial charge is 0.496 e. The molecule has 216 valence electrons. The van der Waals surface area contributed by atoms with E-state index in [1.165, 1.54) is 25.0 Å². The smallest absolute Gasteiger partial charge is 0.416 e. The standard InChI is InChI=1S/C30H34F4N2O4/c1-16(2)24-12-25(27(39-6)13-26(24)31)23-7-8-35(19(5)37)14-21(23)15-36-18(4)28(40-29(36)38)20-9-17(3)10-22(11-20)30(32,33)34/h9-13,16,18,28H,7-8,14-15H2,1-6H3/t18-,28-/m0/s1. The molecule has 40 heavy (non-hydrogen) atoms. The summed E-state index contributed by atoms with van der Waals surface area (Å²) in [4.78, 5) is 28.5. The highest BCUT2D eigenvalue weighted by Crippen LogP contribution is 2.40. The van der Waals surface area contributed by atoms with E-state index >= 15 is 0 Å². The van der Waals surface area contributed by atoms with Crippen LogP contribution in [0.25, 0.3) is 5.57 Å². The Morgan fingerprint density at radius 1 is 1.18 bits per heavy atom. The second-order valence-corrected chi connectivity index (χ2v) is 10.8. The SMILES string of the molecule is COc1cc(F)c(C(C)C)cc1C1=C(CN2C(=O)O[C@H](c3cc(C)cc(C(F)(F)F)c3)[C@@H]2C)CN(C(C)=O)CC1. The zero-order chi connectivity index (χ0) is 29.5. The maximum absolute atomic E-state index is 14.8. The molecular formula is C30H34F4N2O4. The second kappa shape index (κ2) is 11.1. The molecule has 6 nitrogen and oxygen atoms in total.